The van der Waals surface area contributed by atoms with Crippen LogP contribution in [-0.4, -0.2) is 28.9 Å². The number of carbonyl (C=O) groups excluding carboxylic acids is 1. The standard InChI is InChI=1S/C13H13FN2O3/c1-8(13(18)19)12(17)16(2)7-10-5-9(6-15)3-4-11(10)14/h3-5,8H,7H2,1-2H3,(H,18,19). The van der Waals surface area contributed by atoms with E-state index in [2.05, 4.69) is 0 Å². The van der Waals surface area contributed by atoms with Crippen LogP contribution in [0.15, 0.2) is 18.2 Å². The van der Waals surface area contributed by atoms with Crippen LogP contribution in [0.4, 0.5) is 4.39 Å². The van der Waals surface area contributed by atoms with E-state index >= 15 is 0 Å². The molecule has 0 aliphatic heterocycles. The van der Waals surface area contributed by atoms with Crippen molar-refractivity contribution in [3.05, 3.63) is 35.1 Å². The molecule has 1 rings (SSSR count). The number of halogens is 1. The zero-order chi connectivity index (χ0) is 14.6. The van der Waals surface area contributed by atoms with Crippen LogP contribution >= 0.6 is 0 Å². The number of hydrogen-bond donors (Lipinski definition) is 1. The molecule has 0 saturated heterocycles. The molecule has 0 aliphatic carbocycles. The molecule has 0 heterocycles. The summed E-state index contributed by atoms with van der Waals surface area (Å²) in [5.74, 6) is -3.58. The number of benzene rings is 1. The molecule has 1 amide bonds. The molecule has 1 unspecified atom stereocenters. The quantitative estimate of drug-likeness (QED) is 0.833. The molecule has 6 heteroatoms. The zero-order valence-corrected chi connectivity index (χ0v) is 10.6. The molecule has 0 aliphatic rings. The van der Waals surface area contributed by atoms with Gasteiger partial charge in [0.1, 0.15) is 11.7 Å². The molecule has 0 bridgehead atoms. The van der Waals surface area contributed by atoms with E-state index in [-0.39, 0.29) is 17.7 Å². The highest BCUT2D eigenvalue weighted by molar-refractivity contribution is 5.96. The Bertz CT molecular complexity index is 551. The van der Waals surface area contributed by atoms with Gasteiger partial charge in [-0.3, -0.25) is 9.59 Å². The summed E-state index contributed by atoms with van der Waals surface area (Å²) < 4.78 is 13.5. The molecule has 100 valence electrons. The van der Waals surface area contributed by atoms with Gasteiger partial charge in [0.25, 0.3) is 0 Å². The molecule has 1 aromatic rings. The van der Waals surface area contributed by atoms with Crippen molar-refractivity contribution in [1.29, 1.82) is 5.26 Å². The highest BCUT2D eigenvalue weighted by atomic mass is 19.1. The lowest BCUT2D eigenvalue weighted by Crippen LogP contribution is -2.35. The average molecular weight is 264 g/mol. The molecule has 0 radical (unpaired) electrons. The first-order valence-corrected chi connectivity index (χ1v) is 5.53. The summed E-state index contributed by atoms with van der Waals surface area (Å²) in [5, 5.41) is 17.5. The summed E-state index contributed by atoms with van der Waals surface area (Å²) in [6.07, 6.45) is 0. The first-order chi connectivity index (χ1) is 8.86. The molecule has 19 heavy (non-hydrogen) atoms. The summed E-state index contributed by atoms with van der Waals surface area (Å²) in [6.45, 7) is 1.18. The summed E-state index contributed by atoms with van der Waals surface area (Å²) >= 11 is 0. The van der Waals surface area contributed by atoms with E-state index < -0.39 is 23.6 Å². The van der Waals surface area contributed by atoms with E-state index in [0.717, 1.165) is 11.0 Å². The largest absolute Gasteiger partial charge is 0.481 e. The number of aliphatic carboxylic acids is 1. The number of carbonyl (C=O) groups is 2. The average Bonchev–Trinajstić information content (AvgIpc) is 2.39. The number of carboxylic acid groups (broad SMARTS) is 1. The fraction of sp³-hybridized carbons (Fsp3) is 0.308. The lowest BCUT2D eigenvalue weighted by atomic mass is 10.1. The third-order valence-corrected chi connectivity index (χ3v) is 2.70. The lowest BCUT2D eigenvalue weighted by molar-refractivity contribution is -0.149. The van der Waals surface area contributed by atoms with Crippen LogP contribution < -0.4 is 0 Å². The van der Waals surface area contributed by atoms with Crippen molar-refractivity contribution < 1.29 is 19.1 Å². The number of rotatable bonds is 4. The minimum Gasteiger partial charge on any atom is -0.481 e. The van der Waals surface area contributed by atoms with Crippen LogP contribution in [0.25, 0.3) is 0 Å². The minimum absolute atomic E-state index is 0.0855. The van der Waals surface area contributed by atoms with Gasteiger partial charge in [0.15, 0.2) is 0 Å². The van der Waals surface area contributed by atoms with E-state index in [1.165, 1.54) is 26.1 Å². The van der Waals surface area contributed by atoms with Gasteiger partial charge >= 0.3 is 5.97 Å². The first kappa shape index (κ1) is 14.6. The van der Waals surface area contributed by atoms with Gasteiger partial charge < -0.3 is 10.0 Å². The Kier molecular flexibility index (Phi) is 4.59. The molecule has 1 aromatic carbocycles. The van der Waals surface area contributed by atoms with Gasteiger partial charge in [0.05, 0.1) is 11.6 Å². The van der Waals surface area contributed by atoms with Crippen LogP contribution in [0.1, 0.15) is 18.1 Å². The van der Waals surface area contributed by atoms with Gasteiger partial charge in [-0.15, -0.1) is 0 Å². The Morgan fingerprint density at radius 3 is 2.68 bits per heavy atom. The van der Waals surface area contributed by atoms with Crippen LogP contribution in [0.5, 0.6) is 0 Å². The van der Waals surface area contributed by atoms with Gasteiger partial charge in [0, 0.05) is 19.2 Å². The summed E-state index contributed by atoms with van der Waals surface area (Å²) in [7, 11) is 1.39. The summed E-state index contributed by atoms with van der Waals surface area (Å²) in [6, 6.07) is 5.69. The lowest BCUT2D eigenvalue weighted by Gasteiger charge is -2.19. The maximum atomic E-state index is 13.5. The molecule has 0 aromatic heterocycles. The normalized spacial score (nSPS) is 11.5. The van der Waals surface area contributed by atoms with Crippen molar-refractivity contribution >= 4 is 11.9 Å². The van der Waals surface area contributed by atoms with Crippen molar-refractivity contribution in [1.82, 2.24) is 4.90 Å². The highest BCUT2D eigenvalue weighted by Gasteiger charge is 2.24. The predicted octanol–water partition coefficient (Wildman–Crippen LogP) is 1.38. The molecule has 5 nitrogen and oxygen atoms in total. The van der Waals surface area contributed by atoms with Crippen molar-refractivity contribution in [2.45, 2.75) is 13.5 Å². The first-order valence-electron chi connectivity index (χ1n) is 5.53. The van der Waals surface area contributed by atoms with Crippen molar-refractivity contribution in [2.24, 2.45) is 5.92 Å². The Morgan fingerprint density at radius 1 is 1.53 bits per heavy atom. The van der Waals surface area contributed by atoms with Crippen molar-refractivity contribution in [3.8, 4) is 6.07 Å². The summed E-state index contributed by atoms with van der Waals surface area (Å²) in [4.78, 5) is 23.5. The molecular formula is C13H13FN2O3. The van der Waals surface area contributed by atoms with Gasteiger partial charge in [-0.2, -0.15) is 5.26 Å². The van der Waals surface area contributed by atoms with Gasteiger partial charge in [-0.25, -0.2) is 4.39 Å². The maximum Gasteiger partial charge on any atom is 0.315 e. The molecule has 1 atom stereocenters. The number of nitrogens with zero attached hydrogens (tertiary/aromatic N) is 2. The number of amides is 1. The smallest absolute Gasteiger partial charge is 0.315 e. The van der Waals surface area contributed by atoms with Crippen molar-refractivity contribution in [2.75, 3.05) is 7.05 Å². The third-order valence-electron chi connectivity index (χ3n) is 2.70. The van der Waals surface area contributed by atoms with E-state index in [1.54, 1.807) is 0 Å². The van der Waals surface area contributed by atoms with Crippen LogP contribution in [0.3, 0.4) is 0 Å². The Morgan fingerprint density at radius 2 is 2.16 bits per heavy atom. The van der Waals surface area contributed by atoms with Crippen LogP contribution in [0, 0.1) is 23.1 Å². The predicted molar refractivity (Wildman–Crippen MR) is 64.4 cm³/mol. The topological polar surface area (TPSA) is 81.4 Å². The Hall–Kier alpha value is -2.42. The van der Waals surface area contributed by atoms with E-state index in [4.69, 9.17) is 10.4 Å². The van der Waals surface area contributed by atoms with Crippen LogP contribution in [0.2, 0.25) is 0 Å². The Labute approximate surface area is 109 Å². The van der Waals surface area contributed by atoms with Gasteiger partial charge in [-0.1, -0.05) is 0 Å². The second-order valence-corrected chi connectivity index (χ2v) is 4.17. The maximum absolute atomic E-state index is 13.5. The second-order valence-electron chi connectivity index (χ2n) is 4.17. The van der Waals surface area contributed by atoms with E-state index in [9.17, 15) is 14.0 Å². The minimum atomic E-state index is -1.23. The molecule has 0 fully saturated rings. The van der Waals surface area contributed by atoms with Crippen LogP contribution in [-0.2, 0) is 16.1 Å². The monoisotopic (exact) mass is 264 g/mol. The van der Waals surface area contributed by atoms with Gasteiger partial charge in [0.2, 0.25) is 5.91 Å². The molecule has 0 saturated carbocycles. The SMILES string of the molecule is CC(C(=O)O)C(=O)N(C)Cc1cc(C#N)ccc1F. The van der Waals surface area contributed by atoms with E-state index in [1.807, 2.05) is 6.07 Å². The Balaban J connectivity index is 2.88. The molecular weight excluding hydrogens is 251 g/mol. The van der Waals surface area contributed by atoms with E-state index in [0.29, 0.717) is 0 Å². The van der Waals surface area contributed by atoms with Crippen molar-refractivity contribution in [3.63, 3.8) is 0 Å². The third kappa shape index (κ3) is 3.52. The highest BCUT2D eigenvalue weighted by Crippen LogP contribution is 2.13. The number of hydrogen-bond acceptors (Lipinski definition) is 3. The summed E-state index contributed by atoms with van der Waals surface area (Å²) in [5.41, 5.74) is 0.455. The molecule has 1 N–H and O–H groups in total. The number of carboxylic acids is 1. The fourth-order valence-electron chi connectivity index (χ4n) is 1.54. The second kappa shape index (κ2) is 5.96. The fourth-order valence-corrected chi connectivity index (χ4v) is 1.54. The molecule has 0 spiro atoms. The zero-order valence-electron chi connectivity index (χ0n) is 10.6. The van der Waals surface area contributed by atoms with Gasteiger partial charge in [-0.05, 0) is 25.1 Å². The number of nitriles is 1.